The number of unbranched alkanes of at least 4 members (excludes halogenated alkanes) is 8. The molecule has 0 unspecified atom stereocenters. The molecule has 0 aromatic rings. The quantitative estimate of drug-likeness (QED) is 0.259. The highest BCUT2D eigenvalue weighted by molar-refractivity contribution is 6.05. The second-order valence-corrected chi connectivity index (χ2v) is 5.56. The van der Waals surface area contributed by atoms with Crippen molar-refractivity contribution >= 4 is 14.0 Å². The molecule has 0 heterocycles. The minimum absolute atomic E-state index is 0.0827. The van der Waals surface area contributed by atoms with Gasteiger partial charge in [0.15, 0.2) is 0 Å². The molecule has 0 radical (unpaired) electrons. The van der Waals surface area contributed by atoms with Crippen LogP contribution in [0.2, 0.25) is 0 Å². The van der Waals surface area contributed by atoms with Gasteiger partial charge in [-0.15, -0.1) is 0 Å². The predicted octanol–water partition coefficient (Wildman–Crippen LogP) is 4.89. The Bertz CT molecular complexity index is 285. The summed E-state index contributed by atoms with van der Waals surface area (Å²) in [5.74, 6) is -0.0827. The summed E-state index contributed by atoms with van der Waals surface area (Å²) in [7, 11) is 1.45. The van der Waals surface area contributed by atoms with Crippen molar-refractivity contribution in [1.29, 1.82) is 0 Å². The Hall–Kier alpha value is -0.985. The first-order chi connectivity index (χ1) is 10.3. The summed E-state index contributed by atoms with van der Waals surface area (Å²) in [6, 6.07) is 0. The van der Waals surface area contributed by atoms with Crippen LogP contribution in [-0.4, -0.2) is 14.0 Å². The zero-order valence-corrected chi connectivity index (χ0v) is 14.1. The lowest BCUT2D eigenvalue weighted by molar-refractivity contribution is -0.134. The molecule has 0 amide bonds. The highest BCUT2D eigenvalue weighted by Gasteiger charge is 1.98. The fourth-order valence-corrected chi connectivity index (χ4v) is 2.18. The van der Waals surface area contributed by atoms with Crippen molar-refractivity contribution < 1.29 is 9.45 Å². The minimum atomic E-state index is -0.0827. The average molecular weight is 292 g/mol. The van der Waals surface area contributed by atoms with E-state index in [4.69, 9.17) is 0 Å². The van der Waals surface area contributed by atoms with Gasteiger partial charge in [-0.2, -0.15) is 0 Å². The van der Waals surface area contributed by atoms with Crippen LogP contribution < -0.4 is 0 Å². The van der Waals surface area contributed by atoms with Gasteiger partial charge >= 0.3 is 8.05 Å². The molecular weight excluding hydrogens is 259 g/mol. The molecule has 0 N–H and O–H groups in total. The van der Waals surface area contributed by atoms with Crippen LogP contribution in [0, 0.1) is 0 Å². The SMILES string of the molecule is BOC(=O)CCCCCCC/C=C/C/C=C/CCCCC. The predicted molar refractivity (Wildman–Crippen MR) is 94.0 cm³/mol. The molecule has 120 valence electrons. The first-order valence-corrected chi connectivity index (χ1v) is 8.68. The van der Waals surface area contributed by atoms with Crippen molar-refractivity contribution in [2.45, 2.75) is 84.0 Å². The standard InChI is InChI=1S/C18H33BO2/c1-2-3-4-5-6-7-8-9-10-11-12-13-14-15-16-17-18(20)21-19/h6-7,9-10H,2-5,8,11-17,19H2,1H3/b7-6+,10-9+. The first kappa shape index (κ1) is 20.0. The highest BCUT2D eigenvalue weighted by Crippen LogP contribution is 2.08. The normalized spacial score (nSPS) is 11.5. The fraction of sp³-hybridized carbons (Fsp3) is 0.722. The van der Waals surface area contributed by atoms with Crippen molar-refractivity contribution in [2.75, 3.05) is 0 Å². The van der Waals surface area contributed by atoms with Crippen LogP contribution >= 0.6 is 0 Å². The van der Waals surface area contributed by atoms with Crippen LogP contribution in [0.15, 0.2) is 24.3 Å². The zero-order valence-electron chi connectivity index (χ0n) is 14.1. The van der Waals surface area contributed by atoms with E-state index in [0.29, 0.717) is 6.42 Å². The third-order valence-electron chi connectivity index (χ3n) is 3.56. The molecule has 0 fully saturated rings. The third-order valence-corrected chi connectivity index (χ3v) is 3.56. The van der Waals surface area contributed by atoms with Gasteiger partial charge in [-0.25, -0.2) is 0 Å². The van der Waals surface area contributed by atoms with Crippen LogP contribution in [0.4, 0.5) is 0 Å². The number of hydrogen-bond donors (Lipinski definition) is 0. The highest BCUT2D eigenvalue weighted by atomic mass is 16.5. The summed E-state index contributed by atoms with van der Waals surface area (Å²) < 4.78 is 4.62. The van der Waals surface area contributed by atoms with E-state index in [2.05, 4.69) is 35.9 Å². The maximum Gasteiger partial charge on any atom is 0.325 e. The Kier molecular flexibility index (Phi) is 16.3. The monoisotopic (exact) mass is 292 g/mol. The number of carbonyl (C=O) groups is 1. The number of allylic oxidation sites excluding steroid dienone is 4. The Morgan fingerprint density at radius 1 is 0.857 bits per heavy atom. The second kappa shape index (κ2) is 17.1. The van der Waals surface area contributed by atoms with Crippen LogP contribution in [0.25, 0.3) is 0 Å². The van der Waals surface area contributed by atoms with E-state index in [0.717, 1.165) is 19.3 Å². The summed E-state index contributed by atoms with van der Waals surface area (Å²) in [5.41, 5.74) is 0. The maximum atomic E-state index is 10.9. The molecule has 0 aliphatic heterocycles. The van der Waals surface area contributed by atoms with E-state index in [9.17, 15) is 4.79 Å². The first-order valence-electron chi connectivity index (χ1n) is 8.68. The molecule has 0 aromatic heterocycles. The lowest BCUT2D eigenvalue weighted by Crippen LogP contribution is -2.00. The number of hydrogen-bond acceptors (Lipinski definition) is 2. The molecule has 0 spiro atoms. The van der Waals surface area contributed by atoms with E-state index >= 15 is 0 Å². The van der Waals surface area contributed by atoms with E-state index < -0.39 is 0 Å². The molecule has 21 heavy (non-hydrogen) atoms. The molecule has 0 rings (SSSR count). The van der Waals surface area contributed by atoms with Crippen molar-refractivity contribution in [3.63, 3.8) is 0 Å². The molecule has 2 nitrogen and oxygen atoms in total. The summed E-state index contributed by atoms with van der Waals surface area (Å²) in [5, 5.41) is 0. The number of carbonyl (C=O) groups excluding carboxylic acids is 1. The average Bonchev–Trinajstić information content (AvgIpc) is 2.50. The van der Waals surface area contributed by atoms with Gasteiger partial charge in [0.2, 0.25) is 0 Å². The Balaban J connectivity index is 3.20. The molecule has 0 bridgehead atoms. The summed E-state index contributed by atoms with van der Waals surface area (Å²) in [6.07, 6.45) is 23.0. The summed E-state index contributed by atoms with van der Waals surface area (Å²) in [6.45, 7) is 2.24. The molecule has 0 saturated heterocycles. The lowest BCUT2D eigenvalue weighted by Gasteiger charge is -2.00. The van der Waals surface area contributed by atoms with Crippen LogP contribution in [0.3, 0.4) is 0 Å². The Morgan fingerprint density at radius 2 is 1.43 bits per heavy atom. The van der Waals surface area contributed by atoms with Gasteiger partial charge in [0.25, 0.3) is 5.97 Å². The Labute approximate surface area is 132 Å². The molecule has 0 saturated carbocycles. The molecule has 0 aromatic carbocycles. The lowest BCUT2D eigenvalue weighted by atomic mass is 10.1. The van der Waals surface area contributed by atoms with Crippen LogP contribution in [0.5, 0.6) is 0 Å². The zero-order chi connectivity index (χ0) is 15.6. The van der Waals surface area contributed by atoms with Crippen molar-refractivity contribution in [1.82, 2.24) is 0 Å². The molecule has 3 heteroatoms. The van der Waals surface area contributed by atoms with Gasteiger partial charge in [0, 0.05) is 6.42 Å². The van der Waals surface area contributed by atoms with Crippen molar-refractivity contribution in [3.8, 4) is 0 Å². The fourth-order valence-electron chi connectivity index (χ4n) is 2.18. The molecule has 0 aliphatic carbocycles. The second-order valence-electron chi connectivity index (χ2n) is 5.56. The van der Waals surface area contributed by atoms with Gasteiger partial charge in [-0.3, -0.25) is 4.79 Å². The van der Waals surface area contributed by atoms with Gasteiger partial charge < -0.3 is 4.65 Å². The van der Waals surface area contributed by atoms with Crippen LogP contribution in [-0.2, 0) is 9.45 Å². The molecular formula is C18H33BO2. The number of rotatable bonds is 14. The van der Waals surface area contributed by atoms with E-state index in [1.165, 1.54) is 59.4 Å². The van der Waals surface area contributed by atoms with Gasteiger partial charge in [0.1, 0.15) is 0 Å². The van der Waals surface area contributed by atoms with Crippen LogP contribution in [0.1, 0.15) is 84.0 Å². The van der Waals surface area contributed by atoms with Crippen molar-refractivity contribution in [3.05, 3.63) is 24.3 Å². The van der Waals surface area contributed by atoms with Gasteiger partial charge in [-0.1, -0.05) is 63.3 Å². The van der Waals surface area contributed by atoms with Crippen molar-refractivity contribution in [2.24, 2.45) is 0 Å². The molecule has 0 aliphatic rings. The smallest absolute Gasteiger partial charge is 0.325 e. The van der Waals surface area contributed by atoms with E-state index in [1.807, 2.05) is 0 Å². The van der Waals surface area contributed by atoms with Gasteiger partial charge in [-0.05, 0) is 38.5 Å². The minimum Gasteiger partial charge on any atom is -0.543 e. The molecule has 0 atom stereocenters. The summed E-state index contributed by atoms with van der Waals surface area (Å²) >= 11 is 0. The Morgan fingerprint density at radius 3 is 2.05 bits per heavy atom. The third kappa shape index (κ3) is 17.0. The largest absolute Gasteiger partial charge is 0.543 e. The summed E-state index contributed by atoms with van der Waals surface area (Å²) in [4.78, 5) is 10.9. The van der Waals surface area contributed by atoms with E-state index in [1.54, 1.807) is 0 Å². The topological polar surface area (TPSA) is 26.3 Å². The van der Waals surface area contributed by atoms with E-state index in [-0.39, 0.29) is 5.97 Å². The maximum absolute atomic E-state index is 10.9. The van der Waals surface area contributed by atoms with Gasteiger partial charge in [0.05, 0.1) is 0 Å².